The minimum absolute atomic E-state index is 0.0223. The van der Waals surface area contributed by atoms with Crippen LogP contribution in [0.2, 0.25) is 10.0 Å². The normalized spacial score (nSPS) is 15.3. The standard InChI is InChI=1S/C23H15Cl2NO5S2/c24-17-8-10-19(11-9-17)33(29,30)31-20-7-2-1-5-16(20)13-21-22(27)26(23(28)32-21)14-15-4-3-6-18(25)12-15/h1-13H,14H2/b21-13-. The van der Waals surface area contributed by atoms with Crippen LogP contribution in [0.5, 0.6) is 5.75 Å². The largest absolute Gasteiger partial charge is 0.378 e. The maximum absolute atomic E-state index is 12.9. The number of imide groups is 1. The van der Waals surface area contributed by atoms with E-state index in [1.54, 1.807) is 42.5 Å². The summed E-state index contributed by atoms with van der Waals surface area (Å²) in [6.07, 6.45) is 1.44. The van der Waals surface area contributed by atoms with Gasteiger partial charge in [0.25, 0.3) is 11.1 Å². The van der Waals surface area contributed by atoms with E-state index in [4.69, 9.17) is 27.4 Å². The zero-order valence-corrected chi connectivity index (χ0v) is 19.9. The molecule has 1 fully saturated rings. The molecule has 1 aliphatic heterocycles. The number of thioether (sulfide) groups is 1. The number of hydrogen-bond donors (Lipinski definition) is 0. The molecule has 0 unspecified atom stereocenters. The van der Waals surface area contributed by atoms with Gasteiger partial charge in [0.05, 0.1) is 11.4 Å². The number of nitrogens with zero attached hydrogens (tertiary/aromatic N) is 1. The summed E-state index contributed by atoms with van der Waals surface area (Å²) in [5.74, 6) is -0.463. The number of carbonyl (C=O) groups excluding carboxylic acids is 2. The fourth-order valence-electron chi connectivity index (χ4n) is 3.04. The Balaban J connectivity index is 1.59. The van der Waals surface area contributed by atoms with E-state index in [-0.39, 0.29) is 22.1 Å². The Labute approximate surface area is 204 Å². The van der Waals surface area contributed by atoms with E-state index in [0.29, 0.717) is 21.2 Å². The van der Waals surface area contributed by atoms with Gasteiger partial charge in [-0.05, 0) is 65.9 Å². The molecule has 0 atom stereocenters. The molecule has 3 aromatic rings. The first-order chi connectivity index (χ1) is 15.7. The molecule has 6 nitrogen and oxygen atoms in total. The first kappa shape index (κ1) is 23.4. The summed E-state index contributed by atoms with van der Waals surface area (Å²) >= 11 is 12.6. The Kier molecular flexibility index (Phi) is 6.81. The Morgan fingerprint density at radius 1 is 0.909 bits per heavy atom. The predicted molar refractivity (Wildman–Crippen MR) is 129 cm³/mol. The molecule has 0 N–H and O–H groups in total. The van der Waals surface area contributed by atoms with E-state index in [0.717, 1.165) is 16.7 Å². The van der Waals surface area contributed by atoms with Crippen LogP contribution in [0.15, 0.2) is 82.6 Å². The van der Waals surface area contributed by atoms with Gasteiger partial charge in [-0.2, -0.15) is 8.42 Å². The van der Waals surface area contributed by atoms with Crippen LogP contribution in [0.3, 0.4) is 0 Å². The van der Waals surface area contributed by atoms with Crippen LogP contribution in [0, 0.1) is 0 Å². The maximum Gasteiger partial charge on any atom is 0.339 e. The van der Waals surface area contributed by atoms with E-state index in [2.05, 4.69) is 0 Å². The van der Waals surface area contributed by atoms with Crippen molar-refractivity contribution in [2.75, 3.05) is 0 Å². The molecule has 0 radical (unpaired) electrons. The molecule has 4 rings (SSSR count). The fourth-order valence-corrected chi connectivity index (χ4v) is 5.16. The lowest BCUT2D eigenvalue weighted by molar-refractivity contribution is -0.123. The number of hydrogen-bond acceptors (Lipinski definition) is 6. The van der Waals surface area contributed by atoms with Gasteiger partial charge < -0.3 is 4.18 Å². The molecule has 1 aliphatic rings. The molecule has 1 heterocycles. The van der Waals surface area contributed by atoms with Crippen LogP contribution in [0.4, 0.5) is 4.79 Å². The first-order valence-corrected chi connectivity index (χ1v) is 12.5. The lowest BCUT2D eigenvalue weighted by Gasteiger charge is -2.12. The van der Waals surface area contributed by atoms with Crippen molar-refractivity contribution in [2.45, 2.75) is 11.4 Å². The van der Waals surface area contributed by atoms with E-state index >= 15 is 0 Å². The van der Waals surface area contributed by atoms with Gasteiger partial charge in [-0.1, -0.05) is 53.5 Å². The fraction of sp³-hybridized carbons (Fsp3) is 0.0435. The number of halogens is 2. The van der Waals surface area contributed by atoms with Crippen LogP contribution in [0.1, 0.15) is 11.1 Å². The minimum Gasteiger partial charge on any atom is -0.378 e. The highest BCUT2D eigenvalue weighted by Crippen LogP contribution is 2.35. The van der Waals surface area contributed by atoms with Crippen LogP contribution in [-0.2, 0) is 21.5 Å². The van der Waals surface area contributed by atoms with Crippen molar-refractivity contribution >= 4 is 62.3 Å². The second-order valence-corrected chi connectivity index (χ2v) is 10.3. The molecule has 0 bridgehead atoms. The number of para-hydroxylation sites is 1. The Morgan fingerprint density at radius 3 is 2.36 bits per heavy atom. The first-order valence-electron chi connectivity index (χ1n) is 9.52. The summed E-state index contributed by atoms with van der Waals surface area (Å²) in [7, 11) is -4.14. The highest BCUT2D eigenvalue weighted by molar-refractivity contribution is 8.18. The summed E-state index contributed by atoms with van der Waals surface area (Å²) in [4.78, 5) is 26.5. The van der Waals surface area contributed by atoms with E-state index in [9.17, 15) is 18.0 Å². The van der Waals surface area contributed by atoms with Gasteiger partial charge in [0.1, 0.15) is 10.6 Å². The molecule has 33 heavy (non-hydrogen) atoms. The van der Waals surface area contributed by atoms with Gasteiger partial charge in [0.2, 0.25) is 0 Å². The summed E-state index contributed by atoms with van der Waals surface area (Å²) in [6, 6.07) is 18.8. The van der Waals surface area contributed by atoms with Crippen molar-refractivity contribution < 1.29 is 22.2 Å². The third-order valence-electron chi connectivity index (χ3n) is 4.61. The average Bonchev–Trinajstić information content (AvgIpc) is 3.03. The zero-order chi connectivity index (χ0) is 23.6. The SMILES string of the molecule is O=C1S/C(=C\c2ccccc2OS(=O)(=O)c2ccc(Cl)cc2)C(=O)N1Cc1cccc(Cl)c1. The van der Waals surface area contributed by atoms with Crippen molar-refractivity contribution in [1.82, 2.24) is 4.90 Å². The van der Waals surface area contributed by atoms with E-state index in [1.807, 2.05) is 0 Å². The molecular weight excluding hydrogens is 505 g/mol. The van der Waals surface area contributed by atoms with Crippen LogP contribution in [0.25, 0.3) is 6.08 Å². The van der Waals surface area contributed by atoms with Crippen molar-refractivity contribution in [2.24, 2.45) is 0 Å². The lowest BCUT2D eigenvalue weighted by atomic mass is 10.2. The predicted octanol–water partition coefficient (Wildman–Crippen LogP) is 6.00. The molecule has 1 saturated heterocycles. The van der Waals surface area contributed by atoms with E-state index < -0.39 is 21.3 Å². The van der Waals surface area contributed by atoms with Gasteiger partial charge in [-0.25, -0.2) is 0 Å². The van der Waals surface area contributed by atoms with Gasteiger partial charge in [0.15, 0.2) is 0 Å². The Bertz CT molecular complexity index is 1370. The van der Waals surface area contributed by atoms with Gasteiger partial charge in [-0.15, -0.1) is 0 Å². The van der Waals surface area contributed by atoms with E-state index in [1.165, 1.54) is 36.4 Å². The molecule has 2 amide bonds. The minimum atomic E-state index is -4.14. The topological polar surface area (TPSA) is 80.8 Å². The van der Waals surface area contributed by atoms with Crippen molar-refractivity contribution in [3.63, 3.8) is 0 Å². The molecule has 3 aromatic carbocycles. The Hall–Kier alpha value is -2.78. The van der Waals surface area contributed by atoms with Gasteiger partial charge in [0, 0.05) is 15.6 Å². The molecular formula is C23H15Cl2NO5S2. The zero-order valence-electron chi connectivity index (χ0n) is 16.8. The third-order valence-corrected chi connectivity index (χ3v) is 7.25. The lowest BCUT2D eigenvalue weighted by Crippen LogP contribution is -2.27. The number of carbonyl (C=O) groups is 2. The summed E-state index contributed by atoms with van der Waals surface area (Å²) < 4.78 is 30.7. The number of amides is 2. The second kappa shape index (κ2) is 9.61. The third kappa shape index (κ3) is 5.42. The molecule has 0 aliphatic carbocycles. The smallest absolute Gasteiger partial charge is 0.339 e. The highest BCUT2D eigenvalue weighted by Gasteiger charge is 2.35. The van der Waals surface area contributed by atoms with Gasteiger partial charge in [-0.3, -0.25) is 14.5 Å². The van der Waals surface area contributed by atoms with Gasteiger partial charge >= 0.3 is 10.1 Å². The summed E-state index contributed by atoms with van der Waals surface area (Å²) in [5.41, 5.74) is 1.05. The van der Waals surface area contributed by atoms with Crippen molar-refractivity contribution in [3.05, 3.63) is 98.9 Å². The van der Waals surface area contributed by atoms with Crippen LogP contribution >= 0.6 is 35.0 Å². The quantitative estimate of drug-likeness (QED) is 0.293. The summed E-state index contributed by atoms with van der Waals surface area (Å²) in [5, 5.41) is 0.462. The molecule has 168 valence electrons. The second-order valence-electron chi connectivity index (χ2n) is 6.93. The molecule has 0 aromatic heterocycles. The number of rotatable bonds is 6. The van der Waals surface area contributed by atoms with Crippen LogP contribution in [-0.4, -0.2) is 24.5 Å². The maximum atomic E-state index is 12.9. The van der Waals surface area contributed by atoms with Crippen molar-refractivity contribution in [1.29, 1.82) is 0 Å². The Morgan fingerprint density at radius 2 is 1.64 bits per heavy atom. The monoisotopic (exact) mass is 519 g/mol. The average molecular weight is 520 g/mol. The highest BCUT2D eigenvalue weighted by atomic mass is 35.5. The number of benzene rings is 3. The summed E-state index contributed by atoms with van der Waals surface area (Å²) in [6.45, 7) is 0.0751. The molecule has 0 spiro atoms. The van der Waals surface area contributed by atoms with Crippen LogP contribution < -0.4 is 4.18 Å². The molecule has 10 heteroatoms. The van der Waals surface area contributed by atoms with Crippen molar-refractivity contribution in [3.8, 4) is 5.75 Å². The molecule has 0 saturated carbocycles.